The molecule has 1 atom stereocenters. The molecule has 1 aromatic heterocycles. The number of anilines is 1. The highest BCUT2D eigenvalue weighted by molar-refractivity contribution is 6.32. The molecule has 0 spiro atoms. The van der Waals surface area contributed by atoms with Crippen molar-refractivity contribution in [2.75, 3.05) is 5.73 Å². The summed E-state index contributed by atoms with van der Waals surface area (Å²) in [5.41, 5.74) is 5.74. The molecule has 1 rings (SSSR count). The van der Waals surface area contributed by atoms with Gasteiger partial charge >= 0.3 is 0 Å². The maximum absolute atomic E-state index is 11.5. The zero-order valence-corrected chi connectivity index (χ0v) is 9.82. The SMILES string of the molecule is CC(C)NC(=O)C(O)c1cnc(N)c(Cl)c1. The van der Waals surface area contributed by atoms with Crippen LogP contribution in [-0.4, -0.2) is 22.0 Å². The predicted octanol–water partition coefficient (Wildman–Crippen LogP) is 0.875. The minimum absolute atomic E-state index is 0.0423. The largest absolute Gasteiger partial charge is 0.382 e. The average molecular weight is 244 g/mol. The fourth-order valence-electron chi connectivity index (χ4n) is 1.13. The van der Waals surface area contributed by atoms with Crippen molar-refractivity contribution in [3.8, 4) is 0 Å². The van der Waals surface area contributed by atoms with Gasteiger partial charge in [0, 0.05) is 17.8 Å². The highest BCUT2D eigenvalue weighted by atomic mass is 35.5. The van der Waals surface area contributed by atoms with Crippen LogP contribution >= 0.6 is 11.6 Å². The molecule has 1 aromatic rings. The number of aliphatic hydroxyl groups is 1. The Balaban J connectivity index is 2.83. The summed E-state index contributed by atoms with van der Waals surface area (Å²) in [7, 11) is 0. The van der Waals surface area contributed by atoms with E-state index in [0.717, 1.165) is 0 Å². The number of hydrogen-bond donors (Lipinski definition) is 3. The number of hydrogen-bond acceptors (Lipinski definition) is 4. The van der Waals surface area contributed by atoms with E-state index in [1.807, 2.05) is 0 Å². The number of halogens is 1. The Morgan fingerprint density at radius 3 is 2.75 bits per heavy atom. The minimum atomic E-state index is -1.28. The molecule has 0 aliphatic heterocycles. The highest BCUT2D eigenvalue weighted by Crippen LogP contribution is 2.21. The topological polar surface area (TPSA) is 88.2 Å². The zero-order valence-electron chi connectivity index (χ0n) is 9.07. The van der Waals surface area contributed by atoms with Crippen LogP contribution in [0.4, 0.5) is 5.82 Å². The van der Waals surface area contributed by atoms with Crippen LogP contribution in [0.5, 0.6) is 0 Å². The second-order valence-corrected chi connectivity index (χ2v) is 4.11. The first-order valence-electron chi connectivity index (χ1n) is 4.81. The van der Waals surface area contributed by atoms with Gasteiger partial charge in [0.25, 0.3) is 5.91 Å². The number of aromatic nitrogens is 1. The van der Waals surface area contributed by atoms with Crippen molar-refractivity contribution in [2.24, 2.45) is 0 Å². The number of carbonyl (C=O) groups excluding carboxylic acids is 1. The number of pyridine rings is 1. The lowest BCUT2D eigenvalue weighted by molar-refractivity contribution is -0.130. The molecule has 4 N–H and O–H groups in total. The summed E-state index contributed by atoms with van der Waals surface area (Å²) in [4.78, 5) is 15.3. The van der Waals surface area contributed by atoms with Crippen LogP contribution in [0.2, 0.25) is 5.02 Å². The van der Waals surface area contributed by atoms with Gasteiger partial charge in [0.15, 0.2) is 6.10 Å². The fraction of sp³-hybridized carbons (Fsp3) is 0.400. The molecule has 1 unspecified atom stereocenters. The van der Waals surface area contributed by atoms with Crippen molar-refractivity contribution >= 4 is 23.3 Å². The predicted molar refractivity (Wildman–Crippen MR) is 61.9 cm³/mol. The minimum Gasteiger partial charge on any atom is -0.382 e. The average Bonchev–Trinajstić information content (AvgIpc) is 2.20. The highest BCUT2D eigenvalue weighted by Gasteiger charge is 2.19. The van der Waals surface area contributed by atoms with E-state index in [-0.39, 0.29) is 16.9 Å². The number of nitrogens with one attached hydrogen (secondary N) is 1. The van der Waals surface area contributed by atoms with Crippen molar-refractivity contribution in [3.05, 3.63) is 22.8 Å². The summed E-state index contributed by atoms with van der Waals surface area (Å²) in [6.07, 6.45) is 0.0409. The van der Waals surface area contributed by atoms with E-state index in [1.165, 1.54) is 12.3 Å². The van der Waals surface area contributed by atoms with Gasteiger partial charge in [-0.2, -0.15) is 0 Å². The van der Waals surface area contributed by atoms with E-state index in [9.17, 15) is 9.90 Å². The van der Waals surface area contributed by atoms with Crippen molar-refractivity contribution in [3.63, 3.8) is 0 Å². The maximum Gasteiger partial charge on any atom is 0.253 e. The van der Waals surface area contributed by atoms with Crippen molar-refractivity contribution in [1.82, 2.24) is 10.3 Å². The fourth-order valence-corrected chi connectivity index (χ4v) is 1.30. The first kappa shape index (κ1) is 12.7. The lowest BCUT2D eigenvalue weighted by Crippen LogP contribution is -2.34. The third kappa shape index (κ3) is 3.08. The van der Waals surface area contributed by atoms with Crippen molar-refractivity contribution < 1.29 is 9.90 Å². The maximum atomic E-state index is 11.5. The number of nitrogen functional groups attached to an aromatic ring is 1. The van der Waals surface area contributed by atoms with E-state index < -0.39 is 12.0 Å². The molecule has 88 valence electrons. The Labute approximate surface area is 98.6 Å². The molecule has 0 radical (unpaired) electrons. The molecule has 1 amide bonds. The molecule has 0 saturated carbocycles. The van der Waals surface area contributed by atoms with Crippen LogP contribution in [0, 0.1) is 0 Å². The van der Waals surface area contributed by atoms with Gasteiger partial charge in [-0.1, -0.05) is 11.6 Å². The van der Waals surface area contributed by atoms with Gasteiger partial charge in [-0.05, 0) is 19.9 Å². The Morgan fingerprint density at radius 1 is 1.62 bits per heavy atom. The van der Waals surface area contributed by atoms with Crippen LogP contribution in [-0.2, 0) is 4.79 Å². The molecule has 0 aromatic carbocycles. The lowest BCUT2D eigenvalue weighted by Gasteiger charge is -2.14. The van der Waals surface area contributed by atoms with Crippen LogP contribution < -0.4 is 11.1 Å². The first-order chi connectivity index (χ1) is 7.41. The Hall–Kier alpha value is -1.33. The van der Waals surface area contributed by atoms with Gasteiger partial charge in [0.1, 0.15) is 5.82 Å². The van der Waals surface area contributed by atoms with Crippen LogP contribution in [0.1, 0.15) is 25.5 Å². The standard InChI is InChI=1S/C10H14ClN3O2/c1-5(2)14-10(16)8(15)6-3-7(11)9(12)13-4-6/h3-5,8,15H,1-2H3,(H2,12,13)(H,14,16). The summed E-state index contributed by atoms with van der Waals surface area (Å²) in [5.74, 6) is -0.320. The molecular formula is C10H14ClN3O2. The Morgan fingerprint density at radius 2 is 2.25 bits per heavy atom. The van der Waals surface area contributed by atoms with Gasteiger partial charge in [-0.25, -0.2) is 4.98 Å². The molecule has 16 heavy (non-hydrogen) atoms. The smallest absolute Gasteiger partial charge is 0.253 e. The quantitative estimate of drug-likeness (QED) is 0.735. The van der Waals surface area contributed by atoms with E-state index in [2.05, 4.69) is 10.3 Å². The monoisotopic (exact) mass is 243 g/mol. The lowest BCUT2D eigenvalue weighted by atomic mass is 10.1. The van der Waals surface area contributed by atoms with Crippen molar-refractivity contribution in [1.29, 1.82) is 0 Å². The normalized spacial score (nSPS) is 12.6. The summed E-state index contributed by atoms with van der Waals surface area (Å²) >= 11 is 5.74. The molecule has 1 heterocycles. The van der Waals surface area contributed by atoms with Gasteiger partial charge in [0.05, 0.1) is 5.02 Å². The number of carbonyl (C=O) groups is 1. The molecule has 6 heteroatoms. The number of nitrogens with two attached hydrogens (primary N) is 1. The van der Waals surface area contributed by atoms with Crippen LogP contribution in [0.3, 0.4) is 0 Å². The van der Waals surface area contributed by atoms with E-state index in [1.54, 1.807) is 13.8 Å². The van der Waals surface area contributed by atoms with Crippen LogP contribution in [0.25, 0.3) is 0 Å². The number of rotatable bonds is 3. The molecular weight excluding hydrogens is 230 g/mol. The molecule has 0 fully saturated rings. The summed E-state index contributed by atoms with van der Waals surface area (Å²) in [5, 5.41) is 12.5. The summed E-state index contributed by atoms with van der Waals surface area (Å²) in [6.45, 7) is 3.61. The van der Waals surface area contributed by atoms with Crippen LogP contribution in [0.15, 0.2) is 12.3 Å². The molecule has 0 bridgehead atoms. The van der Waals surface area contributed by atoms with E-state index >= 15 is 0 Å². The summed E-state index contributed by atoms with van der Waals surface area (Å²) < 4.78 is 0. The third-order valence-corrected chi connectivity index (χ3v) is 2.19. The Bertz CT molecular complexity index is 396. The van der Waals surface area contributed by atoms with E-state index in [4.69, 9.17) is 17.3 Å². The van der Waals surface area contributed by atoms with Gasteiger partial charge in [0.2, 0.25) is 0 Å². The number of nitrogens with zero attached hydrogens (tertiary/aromatic N) is 1. The number of amides is 1. The van der Waals surface area contributed by atoms with Gasteiger partial charge in [-0.15, -0.1) is 0 Å². The third-order valence-electron chi connectivity index (χ3n) is 1.89. The molecule has 5 nitrogen and oxygen atoms in total. The second-order valence-electron chi connectivity index (χ2n) is 3.70. The molecule has 0 saturated heterocycles. The van der Waals surface area contributed by atoms with Crippen molar-refractivity contribution in [2.45, 2.75) is 26.0 Å². The molecule has 0 aliphatic carbocycles. The van der Waals surface area contributed by atoms with E-state index in [0.29, 0.717) is 5.56 Å². The number of aliphatic hydroxyl groups excluding tert-OH is 1. The first-order valence-corrected chi connectivity index (χ1v) is 5.19. The van der Waals surface area contributed by atoms with Gasteiger partial charge < -0.3 is 16.2 Å². The zero-order chi connectivity index (χ0) is 12.3. The second kappa shape index (κ2) is 5.14. The Kier molecular flexibility index (Phi) is 4.09. The molecule has 0 aliphatic rings. The summed E-state index contributed by atoms with van der Waals surface area (Å²) in [6, 6.07) is 1.38. The van der Waals surface area contributed by atoms with Gasteiger partial charge in [-0.3, -0.25) is 4.79 Å².